The van der Waals surface area contributed by atoms with Gasteiger partial charge in [0.15, 0.2) is 5.78 Å². The fraction of sp³-hybridized carbons (Fsp3) is 0.818. The van der Waals surface area contributed by atoms with Gasteiger partial charge in [-0.2, -0.15) is 0 Å². The van der Waals surface area contributed by atoms with Crippen LogP contribution in [0.4, 0.5) is 0 Å². The zero-order valence-electron chi connectivity index (χ0n) is 8.68. The Balaban J connectivity index is 2.52. The van der Waals surface area contributed by atoms with Gasteiger partial charge in [-0.1, -0.05) is 20.3 Å². The highest BCUT2D eigenvalue weighted by molar-refractivity contribution is 6.40. The van der Waals surface area contributed by atoms with E-state index in [9.17, 15) is 4.79 Å². The van der Waals surface area contributed by atoms with Crippen molar-refractivity contribution in [2.75, 3.05) is 6.54 Å². The Labute approximate surface area is 80.4 Å². The molecule has 2 heteroatoms. The Kier molecular flexibility index (Phi) is 4.13. The average molecular weight is 181 g/mol. The molecule has 0 aromatic heterocycles. The summed E-state index contributed by atoms with van der Waals surface area (Å²) in [5.74, 6) is 0.559. The van der Waals surface area contributed by atoms with Crippen LogP contribution < -0.4 is 0 Å². The van der Waals surface area contributed by atoms with Crippen molar-refractivity contribution in [2.24, 2.45) is 10.9 Å². The summed E-state index contributed by atoms with van der Waals surface area (Å²) in [5, 5.41) is 0. The molecule has 74 valence electrons. The predicted octanol–water partition coefficient (Wildman–Crippen LogP) is 2.62. The minimum atomic E-state index is 0.238. The largest absolute Gasteiger partial charge is 0.293 e. The number of carbonyl (C=O) groups excluding carboxylic acids is 1. The number of hydrogen-bond acceptors (Lipinski definition) is 2. The van der Waals surface area contributed by atoms with Gasteiger partial charge >= 0.3 is 0 Å². The molecular formula is C11H19NO. The van der Waals surface area contributed by atoms with Crippen molar-refractivity contribution in [2.45, 2.75) is 46.0 Å². The number of hydrogen-bond donors (Lipinski definition) is 0. The SMILES string of the molecule is CCCC(CC)C(=O)C1=NCCC1. The molecule has 2 nitrogen and oxygen atoms in total. The van der Waals surface area contributed by atoms with Crippen LogP contribution in [0.3, 0.4) is 0 Å². The summed E-state index contributed by atoms with van der Waals surface area (Å²) in [6.45, 7) is 5.09. The predicted molar refractivity (Wildman–Crippen MR) is 55.2 cm³/mol. The summed E-state index contributed by atoms with van der Waals surface area (Å²) < 4.78 is 0. The van der Waals surface area contributed by atoms with E-state index in [1.807, 2.05) is 0 Å². The summed E-state index contributed by atoms with van der Waals surface area (Å²) in [5.41, 5.74) is 0.861. The van der Waals surface area contributed by atoms with E-state index in [0.29, 0.717) is 5.78 Å². The first-order chi connectivity index (χ1) is 6.29. The van der Waals surface area contributed by atoms with Crippen LogP contribution in [0.15, 0.2) is 4.99 Å². The van der Waals surface area contributed by atoms with E-state index in [2.05, 4.69) is 18.8 Å². The first-order valence-corrected chi connectivity index (χ1v) is 5.37. The van der Waals surface area contributed by atoms with Crippen LogP contribution in [0.5, 0.6) is 0 Å². The van der Waals surface area contributed by atoms with E-state index >= 15 is 0 Å². The highest BCUT2D eigenvalue weighted by Gasteiger charge is 2.22. The van der Waals surface area contributed by atoms with E-state index in [0.717, 1.165) is 44.4 Å². The zero-order chi connectivity index (χ0) is 9.68. The van der Waals surface area contributed by atoms with Crippen LogP contribution in [0.2, 0.25) is 0 Å². The fourth-order valence-electron chi connectivity index (χ4n) is 1.85. The second kappa shape index (κ2) is 5.15. The smallest absolute Gasteiger partial charge is 0.179 e. The van der Waals surface area contributed by atoms with Gasteiger partial charge in [0.25, 0.3) is 0 Å². The molecule has 1 atom stereocenters. The molecule has 1 unspecified atom stereocenters. The molecule has 0 N–H and O–H groups in total. The van der Waals surface area contributed by atoms with Gasteiger partial charge in [0, 0.05) is 12.5 Å². The molecule has 1 heterocycles. The fourth-order valence-corrected chi connectivity index (χ4v) is 1.85. The Morgan fingerprint density at radius 1 is 1.54 bits per heavy atom. The molecule has 0 fully saturated rings. The summed E-state index contributed by atoms with van der Waals surface area (Å²) in [4.78, 5) is 16.1. The lowest BCUT2D eigenvalue weighted by molar-refractivity contribution is -0.116. The van der Waals surface area contributed by atoms with Crippen molar-refractivity contribution in [1.82, 2.24) is 0 Å². The molecule has 1 aliphatic rings. The maximum atomic E-state index is 11.8. The first-order valence-electron chi connectivity index (χ1n) is 5.37. The third kappa shape index (κ3) is 2.64. The average Bonchev–Trinajstić information content (AvgIpc) is 2.65. The first kappa shape index (κ1) is 10.4. The van der Waals surface area contributed by atoms with Gasteiger partial charge < -0.3 is 0 Å². The normalized spacial score (nSPS) is 18.5. The van der Waals surface area contributed by atoms with Crippen LogP contribution >= 0.6 is 0 Å². The molecule has 0 amide bonds. The van der Waals surface area contributed by atoms with Crippen molar-refractivity contribution >= 4 is 11.5 Å². The lowest BCUT2D eigenvalue weighted by Crippen LogP contribution is -2.21. The summed E-state index contributed by atoms with van der Waals surface area (Å²) in [6.07, 6.45) is 5.07. The lowest BCUT2D eigenvalue weighted by atomic mass is 9.92. The van der Waals surface area contributed by atoms with Crippen molar-refractivity contribution in [3.63, 3.8) is 0 Å². The number of aliphatic imine (C=N–C) groups is 1. The van der Waals surface area contributed by atoms with Crippen LogP contribution in [0, 0.1) is 5.92 Å². The molecular weight excluding hydrogens is 162 g/mol. The van der Waals surface area contributed by atoms with Gasteiger partial charge in [0.05, 0.1) is 5.71 Å². The van der Waals surface area contributed by atoms with Crippen molar-refractivity contribution in [3.05, 3.63) is 0 Å². The molecule has 0 saturated carbocycles. The van der Waals surface area contributed by atoms with Crippen LogP contribution in [0.25, 0.3) is 0 Å². The highest BCUT2D eigenvalue weighted by atomic mass is 16.1. The third-order valence-corrected chi connectivity index (χ3v) is 2.66. The Morgan fingerprint density at radius 2 is 2.31 bits per heavy atom. The van der Waals surface area contributed by atoms with Gasteiger partial charge in [0.1, 0.15) is 0 Å². The zero-order valence-corrected chi connectivity index (χ0v) is 8.68. The van der Waals surface area contributed by atoms with Gasteiger partial charge in [-0.05, 0) is 25.7 Å². The van der Waals surface area contributed by atoms with Crippen LogP contribution in [-0.2, 0) is 4.79 Å². The summed E-state index contributed by atoms with van der Waals surface area (Å²) in [6, 6.07) is 0. The Hall–Kier alpha value is -0.660. The van der Waals surface area contributed by atoms with Crippen LogP contribution in [0.1, 0.15) is 46.0 Å². The lowest BCUT2D eigenvalue weighted by Gasteiger charge is -2.11. The molecule has 0 radical (unpaired) electrons. The maximum Gasteiger partial charge on any atom is 0.179 e. The van der Waals surface area contributed by atoms with Crippen molar-refractivity contribution in [1.29, 1.82) is 0 Å². The Morgan fingerprint density at radius 3 is 2.77 bits per heavy atom. The summed E-state index contributed by atoms with van der Waals surface area (Å²) in [7, 11) is 0. The van der Waals surface area contributed by atoms with E-state index in [1.165, 1.54) is 0 Å². The molecule has 0 aliphatic carbocycles. The van der Waals surface area contributed by atoms with E-state index in [4.69, 9.17) is 0 Å². The number of nitrogens with zero attached hydrogens (tertiary/aromatic N) is 1. The molecule has 1 rings (SSSR count). The van der Waals surface area contributed by atoms with E-state index in [-0.39, 0.29) is 5.92 Å². The number of rotatable bonds is 5. The monoisotopic (exact) mass is 181 g/mol. The topological polar surface area (TPSA) is 29.4 Å². The molecule has 0 bridgehead atoms. The summed E-state index contributed by atoms with van der Waals surface area (Å²) >= 11 is 0. The minimum absolute atomic E-state index is 0.238. The van der Waals surface area contributed by atoms with Crippen molar-refractivity contribution in [3.8, 4) is 0 Å². The van der Waals surface area contributed by atoms with Gasteiger partial charge in [-0.15, -0.1) is 0 Å². The molecule has 0 aromatic carbocycles. The second-order valence-electron chi connectivity index (χ2n) is 3.69. The standard InChI is InChI=1S/C11H19NO/c1-3-6-9(4-2)11(13)10-7-5-8-12-10/h9H,3-8H2,1-2H3. The minimum Gasteiger partial charge on any atom is -0.293 e. The quantitative estimate of drug-likeness (QED) is 0.641. The van der Waals surface area contributed by atoms with E-state index < -0.39 is 0 Å². The Bertz CT molecular complexity index is 208. The number of Topliss-reactive ketones (excluding diaryl/α,β-unsaturated/α-hetero) is 1. The molecule has 0 spiro atoms. The van der Waals surface area contributed by atoms with E-state index in [1.54, 1.807) is 0 Å². The number of ketones is 1. The van der Waals surface area contributed by atoms with Gasteiger partial charge in [-0.3, -0.25) is 9.79 Å². The second-order valence-corrected chi connectivity index (χ2v) is 3.69. The molecule has 1 aliphatic heterocycles. The third-order valence-electron chi connectivity index (χ3n) is 2.66. The molecule has 0 saturated heterocycles. The molecule has 0 aromatic rings. The van der Waals surface area contributed by atoms with Gasteiger partial charge in [0.2, 0.25) is 0 Å². The number of carbonyl (C=O) groups is 1. The van der Waals surface area contributed by atoms with Crippen LogP contribution in [-0.4, -0.2) is 18.0 Å². The maximum absolute atomic E-state index is 11.8. The molecule has 13 heavy (non-hydrogen) atoms. The van der Waals surface area contributed by atoms with Gasteiger partial charge in [-0.25, -0.2) is 0 Å². The highest BCUT2D eigenvalue weighted by Crippen LogP contribution is 2.16. The van der Waals surface area contributed by atoms with Crippen molar-refractivity contribution < 1.29 is 4.79 Å².